The fourth-order valence-corrected chi connectivity index (χ4v) is 1.35. The summed E-state index contributed by atoms with van der Waals surface area (Å²) in [6.07, 6.45) is -3.97. The molecule has 0 radical (unpaired) electrons. The Morgan fingerprint density at radius 2 is 2.00 bits per heavy atom. The van der Waals surface area contributed by atoms with Crippen LogP contribution in [0.2, 0.25) is 0 Å². The van der Waals surface area contributed by atoms with Gasteiger partial charge in [0.25, 0.3) is 0 Å². The Bertz CT molecular complexity index is 406. The van der Waals surface area contributed by atoms with E-state index in [2.05, 4.69) is 21.2 Å². The first kappa shape index (κ1) is 14.0. The third kappa shape index (κ3) is 3.73. The Morgan fingerprint density at radius 3 is 2.53 bits per heavy atom. The van der Waals surface area contributed by atoms with Gasteiger partial charge in [0.2, 0.25) is 5.91 Å². The summed E-state index contributed by atoms with van der Waals surface area (Å²) in [7, 11) is 0. The molecule has 0 heterocycles. The average molecular weight is 310 g/mol. The predicted octanol–water partition coefficient (Wildman–Crippen LogP) is 3.82. The molecule has 6 heteroatoms. The van der Waals surface area contributed by atoms with Crippen molar-refractivity contribution in [3.8, 4) is 0 Å². The average Bonchev–Trinajstić information content (AvgIpc) is 2.27. The van der Waals surface area contributed by atoms with Crippen molar-refractivity contribution in [1.29, 1.82) is 0 Å². The number of anilines is 1. The minimum Gasteiger partial charge on any atom is -0.325 e. The molecular weight excluding hydrogens is 299 g/mol. The zero-order valence-corrected chi connectivity index (χ0v) is 10.6. The van der Waals surface area contributed by atoms with E-state index in [4.69, 9.17) is 0 Å². The summed E-state index contributed by atoms with van der Waals surface area (Å²) < 4.78 is 37.9. The van der Waals surface area contributed by atoms with Crippen molar-refractivity contribution in [3.63, 3.8) is 0 Å². The zero-order valence-electron chi connectivity index (χ0n) is 9.01. The second-order valence-electron chi connectivity index (χ2n) is 3.41. The van der Waals surface area contributed by atoms with Crippen LogP contribution in [0.5, 0.6) is 0 Å². The van der Waals surface area contributed by atoms with Crippen LogP contribution in [0.25, 0.3) is 0 Å². The zero-order chi connectivity index (χ0) is 13.1. The maximum absolute atomic E-state index is 12.6. The van der Waals surface area contributed by atoms with Gasteiger partial charge in [0, 0.05) is 0 Å². The van der Waals surface area contributed by atoms with Gasteiger partial charge >= 0.3 is 6.18 Å². The van der Waals surface area contributed by atoms with Gasteiger partial charge in [0.1, 0.15) is 0 Å². The number of hydrogen-bond acceptors (Lipinski definition) is 1. The molecule has 1 amide bonds. The smallest absolute Gasteiger partial charge is 0.325 e. The Balaban J connectivity index is 2.96. The van der Waals surface area contributed by atoms with E-state index in [-0.39, 0.29) is 5.69 Å². The maximum atomic E-state index is 12.6. The number of amides is 1. The van der Waals surface area contributed by atoms with Crippen LogP contribution >= 0.6 is 15.9 Å². The summed E-state index contributed by atoms with van der Waals surface area (Å²) in [5.74, 6) is -0.482. The summed E-state index contributed by atoms with van der Waals surface area (Å²) in [6, 6.07) is 4.89. The molecule has 0 aliphatic heterocycles. The summed E-state index contributed by atoms with van der Waals surface area (Å²) in [4.78, 5) is 11.0. The van der Waals surface area contributed by atoms with E-state index in [0.717, 1.165) is 6.07 Å². The van der Waals surface area contributed by atoms with Gasteiger partial charge in [-0.05, 0) is 18.6 Å². The lowest BCUT2D eigenvalue weighted by Gasteiger charge is -2.14. The molecule has 0 aliphatic carbocycles. The largest absolute Gasteiger partial charge is 0.418 e. The van der Waals surface area contributed by atoms with E-state index in [1.807, 2.05) is 0 Å². The van der Waals surface area contributed by atoms with Gasteiger partial charge in [0.15, 0.2) is 0 Å². The number of hydrogen-bond donors (Lipinski definition) is 1. The molecule has 0 saturated heterocycles. The van der Waals surface area contributed by atoms with Crippen LogP contribution < -0.4 is 5.32 Å². The molecule has 1 aromatic rings. The molecule has 1 aromatic carbocycles. The molecule has 0 saturated carbocycles. The van der Waals surface area contributed by atoms with Crippen LogP contribution in [-0.2, 0) is 11.0 Å². The molecule has 1 rings (SSSR count). The molecule has 0 fully saturated rings. The number of nitrogens with one attached hydrogen (secondary N) is 1. The van der Waals surface area contributed by atoms with Crippen LogP contribution in [0.1, 0.15) is 18.9 Å². The van der Waals surface area contributed by atoms with Crippen molar-refractivity contribution < 1.29 is 18.0 Å². The van der Waals surface area contributed by atoms with Crippen molar-refractivity contribution >= 4 is 27.5 Å². The number of halogens is 4. The highest BCUT2D eigenvalue weighted by molar-refractivity contribution is 9.10. The van der Waals surface area contributed by atoms with E-state index in [1.54, 1.807) is 6.92 Å². The Labute approximate surface area is 105 Å². The van der Waals surface area contributed by atoms with Gasteiger partial charge in [-0.25, -0.2) is 0 Å². The lowest BCUT2D eigenvalue weighted by atomic mass is 10.1. The number of carbonyl (C=O) groups excluding carboxylic acids is 1. The van der Waals surface area contributed by atoms with Crippen LogP contribution in [-0.4, -0.2) is 10.7 Å². The lowest BCUT2D eigenvalue weighted by molar-refractivity contribution is -0.137. The lowest BCUT2D eigenvalue weighted by Crippen LogP contribution is -2.23. The number of carbonyl (C=O) groups is 1. The second-order valence-corrected chi connectivity index (χ2v) is 4.51. The molecule has 1 atom stereocenters. The van der Waals surface area contributed by atoms with Crippen molar-refractivity contribution in [3.05, 3.63) is 29.8 Å². The van der Waals surface area contributed by atoms with Crippen molar-refractivity contribution in [2.75, 3.05) is 5.32 Å². The van der Waals surface area contributed by atoms with Crippen molar-refractivity contribution in [2.45, 2.75) is 24.3 Å². The SMILES string of the molecule is CC[C@@H](Br)C(=O)Nc1ccccc1C(F)(F)F. The van der Waals surface area contributed by atoms with Gasteiger partial charge in [-0.1, -0.05) is 35.0 Å². The highest BCUT2D eigenvalue weighted by Gasteiger charge is 2.33. The minimum atomic E-state index is -4.47. The van der Waals surface area contributed by atoms with E-state index in [9.17, 15) is 18.0 Å². The molecular formula is C11H11BrF3NO. The topological polar surface area (TPSA) is 29.1 Å². The normalized spacial score (nSPS) is 13.2. The van der Waals surface area contributed by atoms with E-state index in [0.29, 0.717) is 6.42 Å². The Hall–Kier alpha value is -1.04. The van der Waals surface area contributed by atoms with Crippen LogP contribution in [0.15, 0.2) is 24.3 Å². The molecule has 0 aromatic heterocycles. The third-order valence-electron chi connectivity index (χ3n) is 2.13. The quantitative estimate of drug-likeness (QED) is 0.845. The van der Waals surface area contributed by atoms with Gasteiger partial charge in [-0.15, -0.1) is 0 Å². The van der Waals surface area contributed by atoms with E-state index >= 15 is 0 Å². The fraction of sp³-hybridized carbons (Fsp3) is 0.364. The standard InChI is InChI=1S/C11H11BrF3NO/c1-2-8(12)10(17)16-9-6-4-3-5-7(9)11(13,14)15/h3-6,8H,2H2,1H3,(H,16,17)/t8-/m1/s1. The molecule has 17 heavy (non-hydrogen) atoms. The van der Waals surface area contributed by atoms with Gasteiger partial charge in [0.05, 0.1) is 16.1 Å². The van der Waals surface area contributed by atoms with E-state index in [1.165, 1.54) is 18.2 Å². The monoisotopic (exact) mass is 309 g/mol. The Morgan fingerprint density at radius 1 is 1.41 bits per heavy atom. The van der Waals surface area contributed by atoms with Crippen molar-refractivity contribution in [1.82, 2.24) is 0 Å². The van der Waals surface area contributed by atoms with Crippen LogP contribution in [0, 0.1) is 0 Å². The van der Waals surface area contributed by atoms with Crippen LogP contribution in [0.3, 0.4) is 0 Å². The number of rotatable bonds is 3. The highest BCUT2D eigenvalue weighted by atomic mass is 79.9. The summed E-state index contributed by atoms with van der Waals surface area (Å²) >= 11 is 3.08. The molecule has 2 nitrogen and oxygen atoms in total. The number of benzene rings is 1. The number of alkyl halides is 4. The first-order valence-corrected chi connectivity index (χ1v) is 5.89. The minimum absolute atomic E-state index is 0.220. The molecule has 1 N–H and O–H groups in total. The molecule has 0 aliphatic rings. The van der Waals surface area contributed by atoms with Gasteiger partial charge in [-0.3, -0.25) is 4.79 Å². The summed E-state index contributed by atoms with van der Waals surface area (Å²) in [5, 5.41) is 2.26. The summed E-state index contributed by atoms with van der Waals surface area (Å²) in [5.41, 5.74) is -1.06. The second kappa shape index (κ2) is 5.53. The van der Waals surface area contributed by atoms with Gasteiger partial charge in [-0.2, -0.15) is 13.2 Å². The Kier molecular flexibility index (Phi) is 4.56. The third-order valence-corrected chi connectivity index (χ3v) is 3.20. The first-order chi connectivity index (χ1) is 7.86. The summed E-state index contributed by atoms with van der Waals surface area (Å²) in [6.45, 7) is 1.76. The fourth-order valence-electron chi connectivity index (χ4n) is 1.24. The van der Waals surface area contributed by atoms with Crippen LogP contribution in [0.4, 0.5) is 18.9 Å². The highest BCUT2D eigenvalue weighted by Crippen LogP contribution is 2.34. The van der Waals surface area contributed by atoms with E-state index < -0.39 is 22.5 Å². The molecule has 0 spiro atoms. The molecule has 94 valence electrons. The predicted molar refractivity (Wildman–Crippen MR) is 63.1 cm³/mol. The maximum Gasteiger partial charge on any atom is 0.418 e. The molecule has 0 bridgehead atoms. The van der Waals surface area contributed by atoms with Gasteiger partial charge < -0.3 is 5.32 Å². The first-order valence-electron chi connectivity index (χ1n) is 4.97. The number of para-hydroxylation sites is 1. The molecule has 0 unspecified atom stereocenters. The van der Waals surface area contributed by atoms with Crippen molar-refractivity contribution in [2.24, 2.45) is 0 Å².